The first kappa shape index (κ1) is 17.3. The zero-order chi connectivity index (χ0) is 17.1. The summed E-state index contributed by atoms with van der Waals surface area (Å²) in [6.45, 7) is 0.774. The number of benzene rings is 1. The molecule has 1 saturated carbocycles. The van der Waals surface area contributed by atoms with Crippen molar-refractivity contribution in [2.45, 2.75) is 30.6 Å². The number of fused-ring (bicyclic) bond motifs is 1. The molecule has 128 valence electrons. The second-order valence-electron chi connectivity index (χ2n) is 5.64. The summed E-state index contributed by atoms with van der Waals surface area (Å²) in [5.74, 6) is 0.184. The molecule has 6 nitrogen and oxygen atoms in total. The lowest BCUT2D eigenvalue weighted by atomic mass is 10.2. The molecule has 2 aromatic rings. The minimum atomic E-state index is -0.154. The van der Waals surface area contributed by atoms with Gasteiger partial charge in [-0.05, 0) is 31.0 Å². The van der Waals surface area contributed by atoms with Gasteiger partial charge in [-0.3, -0.25) is 14.2 Å². The predicted octanol–water partition coefficient (Wildman–Crippen LogP) is 2.07. The van der Waals surface area contributed by atoms with Crippen LogP contribution in [0.5, 0.6) is 0 Å². The Morgan fingerprint density at radius 2 is 2.29 bits per heavy atom. The normalized spacial score (nSPS) is 14.1. The van der Waals surface area contributed by atoms with Crippen LogP contribution in [0.1, 0.15) is 12.8 Å². The number of ether oxygens (including phenoxy) is 1. The highest BCUT2D eigenvalue weighted by Crippen LogP contribution is 2.22. The van der Waals surface area contributed by atoms with Crippen LogP contribution >= 0.6 is 23.4 Å². The van der Waals surface area contributed by atoms with Crippen LogP contribution < -0.4 is 10.9 Å². The van der Waals surface area contributed by atoms with E-state index in [1.54, 1.807) is 29.9 Å². The third kappa shape index (κ3) is 4.09. The molecule has 1 amide bonds. The van der Waals surface area contributed by atoms with Crippen molar-refractivity contribution in [2.24, 2.45) is 0 Å². The molecule has 1 aliphatic rings. The van der Waals surface area contributed by atoms with Crippen LogP contribution in [0, 0.1) is 0 Å². The summed E-state index contributed by atoms with van der Waals surface area (Å²) in [6.07, 6.45) is 2.09. The molecule has 0 atom stereocenters. The van der Waals surface area contributed by atoms with Crippen LogP contribution in [0.15, 0.2) is 28.2 Å². The molecular formula is C16H18ClN3O3S. The van der Waals surface area contributed by atoms with Gasteiger partial charge in [-0.25, -0.2) is 4.98 Å². The number of methoxy groups -OCH3 is 1. The summed E-state index contributed by atoms with van der Waals surface area (Å²) >= 11 is 7.25. The number of aromatic nitrogens is 2. The lowest BCUT2D eigenvalue weighted by molar-refractivity contribution is -0.118. The number of nitrogens with one attached hydrogen (secondary N) is 1. The number of amides is 1. The molecule has 1 aliphatic carbocycles. The van der Waals surface area contributed by atoms with Crippen LogP contribution in [0.4, 0.5) is 0 Å². The molecule has 0 unspecified atom stereocenters. The molecular weight excluding hydrogens is 350 g/mol. The van der Waals surface area contributed by atoms with Gasteiger partial charge in [-0.2, -0.15) is 0 Å². The van der Waals surface area contributed by atoms with Crippen molar-refractivity contribution < 1.29 is 9.53 Å². The average molecular weight is 368 g/mol. The predicted molar refractivity (Wildman–Crippen MR) is 94.8 cm³/mol. The average Bonchev–Trinajstić information content (AvgIpc) is 3.36. The van der Waals surface area contributed by atoms with Gasteiger partial charge in [0.1, 0.15) is 0 Å². The Bertz CT molecular complexity index is 820. The Hall–Kier alpha value is -1.57. The minimum absolute atomic E-state index is 0.0405. The lowest BCUT2D eigenvalue weighted by Crippen LogP contribution is -2.29. The molecule has 1 fully saturated rings. The highest BCUT2D eigenvalue weighted by Gasteiger charge is 2.23. The van der Waals surface area contributed by atoms with E-state index in [0.29, 0.717) is 40.3 Å². The first-order valence-electron chi connectivity index (χ1n) is 7.69. The largest absolute Gasteiger partial charge is 0.383 e. The number of halogens is 1. The number of nitrogens with zero attached hydrogens (tertiary/aromatic N) is 2. The Kier molecular flexibility index (Phi) is 5.43. The van der Waals surface area contributed by atoms with Crippen LogP contribution in [-0.4, -0.2) is 41.0 Å². The molecule has 3 rings (SSSR count). The fourth-order valence-corrected chi connectivity index (χ4v) is 3.29. The first-order valence-corrected chi connectivity index (χ1v) is 9.06. The van der Waals surface area contributed by atoms with Gasteiger partial charge < -0.3 is 10.1 Å². The van der Waals surface area contributed by atoms with E-state index in [4.69, 9.17) is 16.3 Å². The second kappa shape index (κ2) is 7.55. The third-order valence-corrected chi connectivity index (χ3v) is 4.89. The summed E-state index contributed by atoms with van der Waals surface area (Å²) in [7, 11) is 1.58. The Morgan fingerprint density at radius 3 is 3.00 bits per heavy atom. The van der Waals surface area contributed by atoms with E-state index in [1.165, 1.54) is 11.8 Å². The van der Waals surface area contributed by atoms with E-state index in [9.17, 15) is 9.59 Å². The third-order valence-electron chi connectivity index (χ3n) is 3.68. The summed E-state index contributed by atoms with van der Waals surface area (Å²) in [6, 6.07) is 5.32. The quantitative estimate of drug-likeness (QED) is 0.599. The fraction of sp³-hybridized carbons (Fsp3) is 0.438. The molecule has 1 heterocycles. The van der Waals surface area contributed by atoms with Gasteiger partial charge in [0.2, 0.25) is 5.91 Å². The summed E-state index contributed by atoms with van der Waals surface area (Å²) in [5.41, 5.74) is 0.380. The summed E-state index contributed by atoms with van der Waals surface area (Å²) in [5, 5.41) is 4.45. The number of carbonyl (C=O) groups excluding carboxylic acids is 1. The fourth-order valence-electron chi connectivity index (χ4n) is 2.29. The van der Waals surface area contributed by atoms with Crippen LogP contribution in [0.2, 0.25) is 5.02 Å². The lowest BCUT2D eigenvalue weighted by Gasteiger charge is -2.13. The number of carbonyl (C=O) groups is 1. The second-order valence-corrected chi connectivity index (χ2v) is 7.01. The Morgan fingerprint density at radius 1 is 1.50 bits per heavy atom. The monoisotopic (exact) mass is 367 g/mol. The van der Waals surface area contributed by atoms with Gasteiger partial charge in [0.05, 0.1) is 29.8 Å². The maximum absolute atomic E-state index is 12.7. The Labute approximate surface area is 148 Å². The van der Waals surface area contributed by atoms with Crippen LogP contribution in [-0.2, 0) is 16.1 Å². The maximum atomic E-state index is 12.7. The molecule has 0 radical (unpaired) electrons. The van der Waals surface area contributed by atoms with Gasteiger partial charge in [0.15, 0.2) is 5.16 Å². The van der Waals surface area contributed by atoms with Gasteiger partial charge in [0.25, 0.3) is 5.56 Å². The van der Waals surface area contributed by atoms with Crippen LogP contribution in [0.25, 0.3) is 10.9 Å². The van der Waals surface area contributed by atoms with Gasteiger partial charge in [-0.1, -0.05) is 23.4 Å². The van der Waals surface area contributed by atoms with E-state index in [1.807, 2.05) is 0 Å². The number of thioether (sulfide) groups is 1. The van der Waals surface area contributed by atoms with Crippen molar-refractivity contribution in [1.29, 1.82) is 0 Å². The first-order chi connectivity index (χ1) is 11.6. The van der Waals surface area contributed by atoms with Gasteiger partial charge in [-0.15, -0.1) is 0 Å². The van der Waals surface area contributed by atoms with Crippen molar-refractivity contribution in [3.05, 3.63) is 33.6 Å². The molecule has 1 aromatic heterocycles. The van der Waals surface area contributed by atoms with E-state index in [2.05, 4.69) is 10.3 Å². The van der Waals surface area contributed by atoms with Gasteiger partial charge >= 0.3 is 0 Å². The summed E-state index contributed by atoms with van der Waals surface area (Å²) in [4.78, 5) is 29.1. The van der Waals surface area contributed by atoms with E-state index in [0.717, 1.165) is 12.8 Å². The van der Waals surface area contributed by atoms with Crippen molar-refractivity contribution in [2.75, 3.05) is 19.5 Å². The van der Waals surface area contributed by atoms with Crippen molar-refractivity contribution >= 4 is 40.2 Å². The molecule has 24 heavy (non-hydrogen) atoms. The molecule has 1 N–H and O–H groups in total. The minimum Gasteiger partial charge on any atom is -0.383 e. The number of rotatable bonds is 7. The van der Waals surface area contributed by atoms with E-state index >= 15 is 0 Å². The molecule has 0 spiro atoms. The molecule has 1 aromatic carbocycles. The number of hydrogen-bond acceptors (Lipinski definition) is 5. The van der Waals surface area contributed by atoms with Crippen molar-refractivity contribution in [1.82, 2.24) is 14.9 Å². The van der Waals surface area contributed by atoms with E-state index < -0.39 is 0 Å². The standard InChI is InChI=1S/C16H18ClN3O3S/c1-23-7-6-20-15(22)12-5-2-10(17)8-13(12)19-16(20)24-9-14(21)18-11-3-4-11/h2,5,8,11H,3-4,6-7,9H2,1H3,(H,18,21). The van der Waals surface area contributed by atoms with E-state index in [-0.39, 0.29) is 17.2 Å². The molecule has 8 heteroatoms. The van der Waals surface area contributed by atoms with Crippen molar-refractivity contribution in [3.63, 3.8) is 0 Å². The van der Waals surface area contributed by atoms with Crippen LogP contribution in [0.3, 0.4) is 0 Å². The summed E-state index contributed by atoms with van der Waals surface area (Å²) < 4.78 is 6.63. The molecule has 0 saturated heterocycles. The molecule has 0 aliphatic heterocycles. The smallest absolute Gasteiger partial charge is 0.262 e. The number of hydrogen-bond donors (Lipinski definition) is 1. The van der Waals surface area contributed by atoms with Gasteiger partial charge in [0, 0.05) is 18.2 Å². The topological polar surface area (TPSA) is 73.2 Å². The molecule has 0 bridgehead atoms. The maximum Gasteiger partial charge on any atom is 0.262 e. The highest BCUT2D eigenvalue weighted by atomic mass is 35.5. The van der Waals surface area contributed by atoms with Crippen molar-refractivity contribution in [3.8, 4) is 0 Å². The highest BCUT2D eigenvalue weighted by molar-refractivity contribution is 7.99. The SMILES string of the molecule is COCCn1c(SCC(=O)NC2CC2)nc2cc(Cl)ccc2c1=O. The Balaban J connectivity index is 1.89. The zero-order valence-electron chi connectivity index (χ0n) is 13.3. The zero-order valence-corrected chi connectivity index (χ0v) is 14.8.